The summed E-state index contributed by atoms with van der Waals surface area (Å²) in [7, 11) is 0. The van der Waals surface area contributed by atoms with E-state index in [0.717, 1.165) is 26.1 Å². The molecule has 0 saturated heterocycles. The van der Waals surface area contributed by atoms with Gasteiger partial charge in [-0.15, -0.1) is 0 Å². The molecule has 1 aromatic rings. The van der Waals surface area contributed by atoms with E-state index in [-0.39, 0.29) is 11.9 Å². The first kappa shape index (κ1) is 15.8. The van der Waals surface area contributed by atoms with Gasteiger partial charge in [0.2, 0.25) is 0 Å². The van der Waals surface area contributed by atoms with E-state index < -0.39 is 0 Å². The third-order valence-corrected chi connectivity index (χ3v) is 4.16. The zero-order valence-electron chi connectivity index (χ0n) is 13.4. The molecule has 114 valence electrons. The molecule has 0 spiro atoms. The molecule has 1 aliphatic rings. The Balaban J connectivity index is 1.90. The largest absolute Gasteiger partial charge is 0.351 e. The van der Waals surface area contributed by atoms with Crippen LogP contribution in [0.3, 0.4) is 0 Å². The topological polar surface area (TPSA) is 33.5 Å². The summed E-state index contributed by atoms with van der Waals surface area (Å²) in [5.74, 6) is 0.678. The lowest BCUT2D eigenvalue weighted by atomic mass is 9.99. The van der Waals surface area contributed by atoms with Gasteiger partial charge in [0, 0.05) is 13.0 Å². The molecule has 1 aromatic carbocycles. The Morgan fingerprint density at radius 2 is 1.95 bits per heavy atom. The minimum absolute atomic E-state index is 0.0253. The van der Waals surface area contributed by atoms with Crippen LogP contribution in [0.5, 0.6) is 0 Å². The highest BCUT2D eigenvalue weighted by molar-refractivity contribution is 5.80. The monoisotopic (exact) mass is 287 g/mol. The van der Waals surface area contributed by atoms with Crippen molar-refractivity contribution < 1.29 is 9.69 Å². The smallest absolute Gasteiger partial charge is 0.278 e. The van der Waals surface area contributed by atoms with Crippen LogP contribution >= 0.6 is 0 Å². The highest BCUT2D eigenvalue weighted by atomic mass is 16.2. The summed E-state index contributed by atoms with van der Waals surface area (Å²) in [4.78, 5) is 13.5. The fraction of sp³-hybridized carbons (Fsp3) is 0.500. The second kappa shape index (κ2) is 7.41. The van der Waals surface area contributed by atoms with E-state index in [1.807, 2.05) is 13.0 Å². The van der Waals surface area contributed by atoms with Gasteiger partial charge in [-0.3, -0.25) is 4.79 Å². The summed E-state index contributed by atoms with van der Waals surface area (Å²) in [6.07, 6.45) is 3.33. The fourth-order valence-electron chi connectivity index (χ4n) is 2.70. The molecule has 2 N–H and O–H groups in total. The number of carbonyl (C=O) groups excluding carboxylic acids is 1. The summed E-state index contributed by atoms with van der Waals surface area (Å²) in [5, 5.41) is 3.04. The second-order valence-corrected chi connectivity index (χ2v) is 6.32. The van der Waals surface area contributed by atoms with Crippen LogP contribution in [0.4, 0.5) is 0 Å². The zero-order chi connectivity index (χ0) is 15.2. The van der Waals surface area contributed by atoms with Crippen LogP contribution in [-0.4, -0.2) is 31.6 Å². The van der Waals surface area contributed by atoms with Crippen molar-refractivity contribution >= 4 is 11.5 Å². The molecule has 1 unspecified atom stereocenters. The van der Waals surface area contributed by atoms with Crippen molar-refractivity contribution in [2.45, 2.75) is 33.2 Å². The van der Waals surface area contributed by atoms with Gasteiger partial charge in [-0.2, -0.15) is 0 Å². The SMILES string of the molecule is CC(C)CNC(=O)[C@H](C)[NH+]1CC=C(c2ccccc2)CC1. The molecule has 21 heavy (non-hydrogen) atoms. The maximum atomic E-state index is 12.1. The highest BCUT2D eigenvalue weighted by Crippen LogP contribution is 2.17. The van der Waals surface area contributed by atoms with Crippen LogP contribution < -0.4 is 10.2 Å². The van der Waals surface area contributed by atoms with Crippen molar-refractivity contribution in [3.8, 4) is 0 Å². The number of hydrogen-bond acceptors (Lipinski definition) is 1. The Hall–Kier alpha value is -1.61. The van der Waals surface area contributed by atoms with Gasteiger partial charge >= 0.3 is 0 Å². The molecule has 0 aliphatic carbocycles. The summed E-state index contributed by atoms with van der Waals surface area (Å²) in [6.45, 7) is 8.99. The quantitative estimate of drug-likeness (QED) is 0.846. The molecule has 0 fully saturated rings. The number of hydrogen-bond donors (Lipinski definition) is 2. The summed E-state index contributed by atoms with van der Waals surface area (Å²) >= 11 is 0. The first-order valence-corrected chi connectivity index (χ1v) is 7.94. The van der Waals surface area contributed by atoms with Crippen molar-refractivity contribution in [3.63, 3.8) is 0 Å². The molecule has 2 rings (SSSR count). The molecule has 1 aliphatic heterocycles. The average molecular weight is 287 g/mol. The molecular formula is C18H27N2O+. The van der Waals surface area contributed by atoms with Crippen LogP contribution in [0.15, 0.2) is 36.4 Å². The lowest BCUT2D eigenvalue weighted by Crippen LogP contribution is -3.17. The van der Waals surface area contributed by atoms with Gasteiger partial charge in [0.05, 0.1) is 13.1 Å². The third-order valence-electron chi connectivity index (χ3n) is 4.16. The van der Waals surface area contributed by atoms with E-state index in [1.165, 1.54) is 16.0 Å². The van der Waals surface area contributed by atoms with Crippen LogP contribution in [-0.2, 0) is 4.79 Å². The molecule has 0 aromatic heterocycles. The van der Waals surface area contributed by atoms with Crippen molar-refractivity contribution in [1.82, 2.24) is 5.32 Å². The van der Waals surface area contributed by atoms with Gasteiger partial charge in [-0.05, 0) is 30.1 Å². The number of quaternary nitrogens is 1. The molecule has 0 saturated carbocycles. The minimum atomic E-state index is 0.0253. The van der Waals surface area contributed by atoms with E-state index in [4.69, 9.17) is 0 Å². The van der Waals surface area contributed by atoms with Gasteiger partial charge in [-0.1, -0.05) is 44.2 Å². The molecule has 1 amide bonds. The summed E-state index contributed by atoms with van der Waals surface area (Å²) < 4.78 is 0. The van der Waals surface area contributed by atoms with Crippen molar-refractivity contribution in [3.05, 3.63) is 42.0 Å². The normalized spacial score (nSPS) is 20.0. The number of benzene rings is 1. The maximum Gasteiger partial charge on any atom is 0.278 e. The fourth-order valence-corrected chi connectivity index (χ4v) is 2.70. The molecule has 0 radical (unpaired) electrons. The molecule has 2 atom stereocenters. The Labute approximate surface area is 128 Å². The van der Waals surface area contributed by atoms with Gasteiger partial charge < -0.3 is 10.2 Å². The number of rotatable bonds is 5. The van der Waals surface area contributed by atoms with E-state index in [1.54, 1.807) is 0 Å². The first-order chi connectivity index (χ1) is 10.1. The average Bonchev–Trinajstić information content (AvgIpc) is 2.53. The Kier molecular flexibility index (Phi) is 5.57. The standard InChI is InChI=1S/C18H26N2O/c1-14(2)13-19-18(21)15(3)20-11-9-17(10-12-20)16-7-5-4-6-8-16/h4-9,14-15H,10-13H2,1-3H3,(H,19,21)/p+1/t15-/m0/s1. The van der Waals surface area contributed by atoms with Gasteiger partial charge in [-0.25, -0.2) is 0 Å². The van der Waals surface area contributed by atoms with Crippen molar-refractivity contribution in [2.75, 3.05) is 19.6 Å². The molecule has 3 nitrogen and oxygen atoms in total. The lowest BCUT2D eigenvalue weighted by molar-refractivity contribution is -0.909. The lowest BCUT2D eigenvalue weighted by Gasteiger charge is -2.28. The number of nitrogens with one attached hydrogen (secondary N) is 2. The first-order valence-electron chi connectivity index (χ1n) is 7.94. The molecule has 0 bridgehead atoms. The summed E-state index contributed by atoms with van der Waals surface area (Å²) in [6, 6.07) is 10.6. The van der Waals surface area contributed by atoms with Crippen LogP contribution in [0.25, 0.3) is 5.57 Å². The van der Waals surface area contributed by atoms with Gasteiger partial charge in [0.25, 0.3) is 5.91 Å². The third kappa shape index (κ3) is 4.43. The van der Waals surface area contributed by atoms with E-state index >= 15 is 0 Å². The Morgan fingerprint density at radius 3 is 2.52 bits per heavy atom. The van der Waals surface area contributed by atoms with E-state index in [9.17, 15) is 4.79 Å². The van der Waals surface area contributed by atoms with Crippen molar-refractivity contribution in [2.24, 2.45) is 5.92 Å². The maximum absolute atomic E-state index is 12.1. The predicted octanol–water partition coefficient (Wildman–Crippen LogP) is 1.52. The molecular weight excluding hydrogens is 260 g/mol. The zero-order valence-corrected chi connectivity index (χ0v) is 13.4. The van der Waals surface area contributed by atoms with Crippen LogP contribution in [0.2, 0.25) is 0 Å². The molecule has 3 heteroatoms. The van der Waals surface area contributed by atoms with Crippen LogP contribution in [0, 0.1) is 5.92 Å². The second-order valence-electron chi connectivity index (χ2n) is 6.32. The minimum Gasteiger partial charge on any atom is -0.351 e. The number of amides is 1. The Morgan fingerprint density at radius 1 is 1.24 bits per heavy atom. The van der Waals surface area contributed by atoms with E-state index in [2.05, 4.69) is 49.5 Å². The summed E-state index contributed by atoms with van der Waals surface area (Å²) in [5.41, 5.74) is 2.72. The number of carbonyl (C=O) groups is 1. The van der Waals surface area contributed by atoms with Crippen LogP contribution in [0.1, 0.15) is 32.8 Å². The highest BCUT2D eigenvalue weighted by Gasteiger charge is 2.26. The van der Waals surface area contributed by atoms with Gasteiger partial charge in [0.1, 0.15) is 0 Å². The van der Waals surface area contributed by atoms with Gasteiger partial charge in [0.15, 0.2) is 6.04 Å². The Bertz CT molecular complexity index is 493. The van der Waals surface area contributed by atoms with Crippen molar-refractivity contribution in [1.29, 1.82) is 0 Å². The van der Waals surface area contributed by atoms with E-state index in [0.29, 0.717) is 5.92 Å². The predicted molar refractivity (Wildman–Crippen MR) is 87.0 cm³/mol. The molecule has 1 heterocycles.